The van der Waals surface area contributed by atoms with Crippen LogP contribution in [0.1, 0.15) is 55.5 Å². The largest absolute Gasteiger partial charge is 0.299 e. The Morgan fingerprint density at radius 3 is 2.30 bits per heavy atom. The van der Waals surface area contributed by atoms with E-state index in [1.165, 1.54) is 44.3 Å². The fourth-order valence-electron chi connectivity index (χ4n) is 4.12. The van der Waals surface area contributed by atoms with Crippen molar-refractivity contribution < 1.29 is 4.79 Å². The van der Waals surface area contributed by atoms with E-state index in [2.05, 4.69) is 24.0 Å². The maximum absolute atomic E-state index is 11.3. The van der Waals surface area contributed by atoms with Gasteiger partial charge < -0.3 is 0 Å². The van der Waals surface area contributed by atoms with Gasteiger partial charge in [-0.15, -0.1) is 0 Å². The normalized spacial score (nSPS) is 22.7. The molecular weight excluding hydrogens is 246 g/mol. The molecule has 2 aliphatic rings. The molecule has 1 aliphatic carbocycles. The topological polar surface area (TPSA) is 20.3 Å². The number of nitrogens with zero attached hydrogens (tertiary/aromatic N) is 1. The van der Waals surface area contributed by atoms with E-state index in [4.69, 9.17) is 0 Å². The Labute approximate surface area is 122 Å². The number of carbonyl (C=O) groups excluding carboxylic acids is 1. The molecule has 1 saturated heterocycles. The van der Waals surface area contributed by atoms with E-state index in [-0.39, 0.29) is 5.78 Å². The van der Waals surface area contributed by atoms with Crippen LogP contribution in [0.3, 0.4) is 0 Å². The summed E-state index contributed by atoms with van der Waals surface area (Å²) in [6.45, 7) is 7.51. The minimum absolute atomic E-state index is 0.149. The van der Waals surface area contributed by atoms with Crippen molar-refractivity contribution in [1.29, 1.82) is 0 Å². The summed E-state index contributed by atoms with van der Waals surface area (Å²) < 4.78 is 0. The Hall–Kier alpha value is -1.15. The highest BCUT2D eigenvalue weighted by atomic mass is 16.1. The third-order valence-corrected chi connectivity index (χ3v) is 5.25. The number of carbonyl (C=O) groups is 1. The lowest BCUT2D eigenvalue weighted by atomic mass is 9.58. The molecule has 3 rings (SSSR count). The van der Waals surface area contributed by atoms with Gasteiger partial charge in [0.05, 0.1) is 0 Å². The van der Waals surface area contributed by atoms with Crippen LogP contribution in [0.25, 0.3) is 0 Å². The third-order valence-electron chi connectivity index (χ3n) is 5.25. The number of benzene rings is 1. The number of hydrogen-bond acceptors (Lipinski definition) is 2. The van der Waals surface area contributed by atoms with Gasteiger partial charge in [0.25, 0.3) is 0 Å². The molecule has 108 valence electrons. The second kappa shape index (κ2) is 5.33. The average molecular weight is 271 g/mol. The van der Waals surface area contributed by atoms with Gasteiger partial charge in [-0.05, 0) is 62.6 Å². The van der Waals surface area contributed by atoms with Gasteiger partial charge in [-0.25, -0.2) is 0 Å². The third kappa shape index (κ3) is 2.80. The lowest BCUT2D eigenvalue weighted by Gasteiger charge is -2.51. The smallest absolute Gasteiger partial charge is 0.159 e. The summed E-state index contributed by atoms with van der Waals surface area (Å²) >= 11 is 0. The van der Waals surface area contributed by atoms with Crippen LogP contribution in [-0.4, -0.2) is 23.8 Å². The maximum atomic E-state index is 11.3. The minimum atomic E-state index is 0.149. The fraction of sp³-hybridized carbons (Fsp3) is 0.611. The monoisotopic (exact) mass is 271 g/mol. The van der Waals surface area contributed by atoms with Gasteiger partial charge in [0.2, 0.25) is 0 Å². The van der Waals surface area contributed by atoms with Crippen molar-refractivity contribution in [1.82, 2.24) is 4.90 Å². The van der Waals surface area contributed by atoms with Gasteiger partial charge in [0.15, 0.2) is 5.78 Å². The molecule has 0 atom stereocenters. The van der Waals surface area contributed by atoms with Gasteiger partial charge in [-0.3, -0.25) is 9.69 Å². The molecule has 1 aliphatic heterocycles. The molecule has 0 unspecified atom stereocenters. The zero-order valence-electron chi connectivity index (χ0n) is 12.7. The Kier molecular flexibility index (Phi) is 3.68. The lowest BCUT2D eigenvalue weighted by molar-refractivity contribution is -0.00794. The van der Waals surface area contributed by atoms with E-state index < -0.39 is 0 Å². The lowest BCUT2D eigenvalue weighted by Crippen LogP contribution is -2.46. The van der Waals surface area contributed by atoms with E-state index in [0.717, 1.165) is 18.0 Å². The number of piperidine rings is 1. The van der Waals surface area contributed by atoms with Crippen LogP contribution < -0.4 is 0 Å². The molecule has 2 fully saturated rings. The van der Waals surface area contributed by atoms with Crippen molar-refractivity contribution in [2.24, 2.45) is 11.3 Å². The predicted molar refractivity (Wildman–Crippen MR) is 81.8 cm³/mol. The molecule has 0 radical (unpaired) electrons. The van der Waals surface area contributed by atoms with Crippen molar-refractivity contribution in [2.45, 2.75) is 46.1 Å². The average Bonchev–Trinajstić information content (AvgIpc) is 2.40. The standard InChI is InChI=1S/C18H25NO/c1-14-11-18(12-14)7-9-19(10-8-18)13-16-3-5-17(6-4-16)15(2)20/h3-6,14H,7-13H2,1-2H3. The fourth-order valence-corrected chi connectivity index (χ4v) is 4.12. The highest BCUT2D eigenvalue weighted by Crippen LogP contribution is 2.52. The first kappa shape index (κ1) is 13.8. The highest BCUT2D eigenvalue weighted by molar-refractivity contribution is 5.93. The summed E-state index contributed by atoms with van der Waals surface area (Å²) in [7, 11) is 0. The predicted octanol–water partition coefficient (Wildman–Crippen LogP) is 3.90. The van der Waals surface area contributed by atoms with Gasteiger partial charge in [-0.2, -0.15) is 0 Å². The van der Waals surface area contributed by atoms with E-state index >= 15 is 0 Å². The van der Waals surface area contributed by atoms with Crippen molar-refractivity contribution >= 4 is 5.78 Å². The molecule has 0 amide bonds. The first-order valence-corrected chi connectivity index (χ1v) is 7.89. The van der Waals surface area contributed by atoms with E-state index in [0.29, 0.717) is 5.41 Å². The molecule has 1 aromatic carbocycles. The van der Waals surface area contributed by atoms with Crippen molar-refractivity contribution in [3.8, 4) is 0 Å². The van der Waals surface area contributed by atoms with Gasteiger partial charge in [-0.1, -0.05) is 31.2 Å². The van der Waals surface area contributed by atoms with Crippen LogP contribution in [0, 0.1) is 11.3 Å². The SMILES string of the molecule is CC(=O)c1ccc(CN2CCC3(CC2)CC(C)C3)cc1. The second-order valence-corrected chi connectivity index (χ2v) is 7.04. The van der Waals surface area contributed by atoms with Crippen LogP contribution in [-0.2, 0) is 6.54 Å². The van der Waals surface area contributed by atoms with Crippen LogP contribution in [0.5, 0.6) is 0 Å². The molecule has 1 heterocycles. The van der Waals surface area contributed by atoms with Crippen LogP contribution in [0.2, 0.25) is 0 Å². The molecule has 2 heteroatoms. The molecule has 1 spiro atoms. The molecular formula is C18H25NO. The van der Waals surface area contributed by atoms with Crippen LogP contribution in [0.4, 0.5) is 0 Å². The van der Waals surface area contributed by atoms with Crippen molar-refractivity contribution in [2.75, 3.05) is 13.1 Å². The van der Waals surface area contributed by atoms with E-state index in [9.17, 15) is 4.79 Å². The van der Waals surface area contributed by atoms with Gasteiger partial charge in [0.1, 0.15) is 0 Å². The quantitative estimate of drug-likeness (QED) is 0.777. The maximum Gasteiger partial charge on any atom is 0.159 e. The van der Waals surface area contributed by atoms with Crippen LogP contribution in [0.15, 0.2) is 24.3 Å². The second-order valence-electron chi connectivity index (χ2n) is 7.04. The van der Waals surface area contributed by atoms with Crippen molar-refractivity contribution in [3.63, 3.8) is 0 Å². The Balaban J connectivity index is 1.53. The molecule has 0 aromatic heterocycles. The molecule has 2 nitrogen and oxygen atoms in total. The van der Waals surface area contributed by atoms with E-state index in [1.54, 1.807) is 6.92 Å². The summed E-state index contributed by atoms with van der Waals surface area (Å²) in [6.07, 6.45) is 5.66. The number of hydrogen-bond donors (Lipinski definition) is 0. The zero-order chi connectivity index (χ0) is 14.2. The first-order chi connectivity index (χ1) is 9.56. The van der Waals surface area contributed by atoms with Crippen molar-refractivity contribution in [3.05, 3.63) is 35.4 Å². The Bertz CT molecular complexity index is 475. The molecule has 1 saturated carbocycles. The summed E-state index contributed by atoms with van der Waals surface area (Å²) in [6, 6.07) is 8.12. The number of likely N-dealkylation sites (tertiary alicyclic amines) is 1. The molecule has 0 N–H and O–H groups in total. The van der Waals surface area contributed by atoms with E-state index in [1.807, 2.05) is 12.1 Å². The first-order valence-electron chi connectivity index (χ1n) is 7.89. The summed E-state index contributed by atoms with van der Waals surface area (Å²) in [5.74, 6) is 1.11. The van der Waals surface area contributed by atoms with Gasteiger partial charge in [0, 0.05) is 12.1 Å². The number of Topliss-reactive ketones (excluding diaryl/α,β-unsaturated/α-hetero) is 1. The van der Waals surface area contributed by atoms with Gasteiger partial charge >= 0.3 is 0 Å². The highest BCUT2D eigenvalue weighted by Gasteiger charge is 2.43. The summed E-state index contributed by atoms with van der Waals surface area (Å²) in [5.41, 5.74) is 2.84. The Morgan fingerprint density at radius 1 is 1.20 bits per heavy atom. The number of ketones is 1. The van der Waals surface area contributed by atoms with Crippen LogP contribution >= 0.6 is 0 Å². The Morgan fingerprint density at radius 2 is 1.80 bits per heavy atom. The molecule has 1 aromatic rings. The minimum Gasteiger partial charge on any atom is -0.299 e. The zero-order valence-corrected chi connectivity index (χ0v) is 12.7. The summed E-state index contributed by atoms with van der Waals surface area (Å²) in [5, 5.41) is 0. The molecule has 0 bridgehead atoms. The molecule has 20 heavy (non-hydrogen) atoms. The summed E-state index contributed by atoms with van der Waals surface area (Å²) in [4.78, 5) is 13.8. The number of rotatable bonds is 3.